The van der Waals surface area contributed by atoms with Gasteiger partial charge in [0.25, 0.3) is 0 Å². The van der Waals surface area contributed by atoms with Crippen molar-refractivity contribution in [1.82, 2.24) is 0 Å². The third kappa shape index (κ3) is 5.72. The van der Waals surface area contributed by atoms with Gasteiger partial charge in [-0.25, -0.2) is 0 Å². The lowest BCUT2D eigenvalue weighted by Crippen LogP contribution is -2.17. The Bertz CT molecular complexity index is 2870. The van der Waals surface area contributed by atoms with Crippen LogP contribution in [-0.4, -0.2) is 0 Å². The van der Waals surface area contributed by atoms with Crippen molar-refractivity contribution in [3.63, 3.8) is 0 Å². The highest BCUT2D eigenvalue weighted by Gasteiger charge is 2.36. The molecule has 0 unspecified atom stereocenters. The molecule has 9 aromatic carbocycles. The van der Waals surface area contributed by atoms with E-state index in [-0.39, 0.29) is 5.41 Å². The second-order valence-corrected chi connectivity index (χ2v) is 15.3. The normalized spacial score (nSPS) is 12.6. The van der Waals surface area contributed by atoms with Gasteiger partial charge in [0.1, 0.15) is 0 Å². The fourth-order valence-electron chi connectivity index (χ4n) is 8.87. The van der Waals surface area contributed by atoms with E-state index in [0.29, 0.717) is 0 Å². The summed E-state index contributed by atoms with van der Waals surface area (Å²) in [5.41, 5.74) is 18.4. The molecule has 0 saturated carbocycles. The maximum Gasteiger partial charge on any atom is 0.0540 e. The molecule has 0 fully saturated rings. The van der Waals surface area contributed by atoms with Crippen molar-refractivity contribution in [2.45, 2.75) is 19.3 Å². The SMILES string of the molecule is CC1(C)c2cc(N(c3ccccc3)c3ccccc3-c3ccccc3-c3ccccc3)ccc2-c2cc3cc(-c4ccccc4-c4ccccc4)ccc3cc21. The van der Waals surface area contributed by atoms with Crippen molar-refractivity contribution >= 4 is 27.8 Å². The van der Waals surface area contributed by atoms with Gasteiger partial charge in [0.15, 0.2) is 0 Å². The summed E-state index contributed by atoms with van der Waals surface area (Å²) < 4.78 is 0. The molecule has 1 aliphatic rings. The molecular weight excluding hydrogens is 675 g/mol. The largest absolute Gasteiger partial charge is 0.310 e. The van der Waals surface area contributed by atoms with Gasteiger partial charge >= 0.3 is 0 Å². The van der Waals surface area contributed by atoms with Crippen molar-refractivity contribution in [2.24, 2.45) is 0 Å². The van der Waals surface area contributed by atoms with Crippen LogP contribution in [0.2, 0.25) is 0 Å². The molecule has 0 saturated heterocycles. The first-order chi connectivity index (χ1) is 27.5. The van der Waals surface area contributed by atoms with E-state index >= 15 is 0 Å². The number of nitrogens with zero attached hydrogens (tertiary/aromatic N) is 1. The Kier molecular flexibility index (Phi) is 8.23. The molecule has 0 heterocycles. The zero-order chi connectivity index (χ0) is 37.6. The predicted molar refractivity (Wildman–Crippen MR) is 238 cm³/mol. The fourth-order valence-corrected chi connectivity index (χ4v) is 8.87. The summed E-state index contributed by atoms with van der Waals surface area (Å²) in [6.07, 6.45) is 0. The third-order valence-electron chi connectivity index (χ3n) is 11.7. The van der Waals surface area contributed by atoms with Crippen LogP contribution in [-0.2, 0) is 5.41 Å². The second-order valence-electron chi connectivity index (χ2n) is 15.3. The standard InChI is InChI=1S/C55H41N/c1-55(2)52-36-40-30-31-41(47-26-13-12-24-45(47)38-18-6-3-7-19-38)34-42(40)35-51(52)49-33-32-44(37-53(49)55)56(43-22-10-5-11-23-43)54-29-17-16-28-50(54)48-27-15-14-25-46(48)39-20-8-4-9-21-39/h3-37H,1-2H3. The molecule has 0 aromatic heterocycles. The van der Waals surface area contributed by atoms with Gasteiger partial charge in [0.05, 0.1) is 5.69 Å². The van der Waals surface area contributed by atoms with Gasteiger partial charge in [0, 0.05) is 22.4 Å². The minimum Gasteiger partial charge on any atom is -0.310 e. The zero-order valence-corrected chi connectivity index (χ0v) is 31.7. The Labute approximate surface area is 329 Å². The van der Waals surface area contributed by atoms with E-state index in [0.717, 1.165) is 17.1 Å². The molecule has 0 aliphatic heterocycles. The summed E-state index contributed by atoms with van der Waals surface area (Å²) >= 11 is 0. The van der Waals surface area contributed by atoms with Crippen LogP contribution in [0.5, 0.6) is 0 Å². The van der Waals surface area contributed by atoms with Crippen LogP contribution in [0.15, 0.2) is 212 Å². The van der Waals surface area contributed by atoms with Crippen LogP contribution in [0.25, 0.3) is 66.4 Å². The highest BCUT2D eigenvalue weighted by atomic mass is 15.1. The molecule has 56 heavy (non-hydrogen) atoms. The number of para-hydroxylation sites is 2. The summed E-state index contributed by atoms with van der Waals surface area (Å²) in [4.78, 5) is 2.43. The van der Waals surface area contributed by atoms with Crippen molar-refractivity contribution in [2.75, 3.05) is 4.90 Å². The topological polar surface area (TPSA) is 3.24 Å². The molecule has 0 N–H and O–H groups in total. The van der Waals surface area contributed by atoms with Crippen molar-refractivity contribution < 1.29 is 0 Å². The average Bonchev–Trinajstić information content (AvgIpc) is 3.48. The molecule has 1 nitrogen and oxygen atoms in total. The molecule has 266 valence electrons. The van der Waals surface area contributed by atoms with Gasteiger partial charge in [-0.2, -0.15) is 0 Å². The third-order valence-corrected chi connectivity index (χ3v) is 11.7. The number of anilines is 3. The zero-order valence-electron chi connectivity index (χ0n) is 31.7. The lowest BCUT2D eigenvalue weighted by atomic mass is 9.81. The number of fused-ring (bicyclic) bond motifs is 4. The molecular formula is C55H41N. The number of hydrogen-bond donors (Lipinski definition) is 0. The van der Waals surface area contributed by atoms with E-state index in [9.17, 15) is 0 Å². The van der Waals surface area contributed by atoms with E-state index in [1.54, 1.807) is 0 Å². The predicted octanol–water partition coefficient (Wildman–Crippen LogP) is 15.3. The van der Waals surface area contributed by atoms with Crippen molar-refractivity contribution in [1.29, 1.82) is 0 Å². The minimum atomic E-state index is -0.185. The van der Waals surface area contributed by atoms with E-state index in [4.69, 9.17) is 0 Å². The maximum absolute atomic E-state index is 2.44. The van der Waals surface area contributed by atoms with Gasteiger partial charge in [-0.1, -0.05) is 178 Å². The molecule has 9 aromatic rings. The number of rotatable bonds is 7. The van der Waals surface area contributed by atoms with Gasteiger partial charge in [-0.3, -0.25) is 0 Å². The lowest BCUT2D eigenvalue weighted by Gasteiger charge is -2.30. The van der Waals surface area contributed by atoms with Gasteiger partial charge in [-0.15, -0.1) is 0 Å². The number of benzene rings is 9. The molecule has 0 radical (unpaired) electrons. The molecule has 0 bridgehead atoms. The highest BCUT2D eigenvalue weighted by Crippen LogP contribution is 2.53. The molecule has 0 amide bonds. The molecule has 0 atom stereocenters. The van der Waals surface area contributed by atoms with Crippen LogP contribution in [0.1, 0.15) is 25.0 Å². The second kappa shape index (κ2) is 13.7. The van der Waals surface area contributed by atoms with Crippen LogP contribution in [0, 0.1) is 0 Å². The summed E-state index contributed by atoms with van der Waals surface area (Å²) in [6.45, 7) is 4.77. The molecule has 1 heteroatoms. The Balaban J connectivity index is 1.10. The van der Waals surface area contributed by atoms with Crippen molar-refractivity contribution in [3.8, 4) is 55.6 Å². The monoisotopic (exact) mass is 715 g/mol. The Morgan fingerprint density at radius 1 is 0.304 bits per heavy atom. The highest BCUT2D eigenvalue weighted by molar-refractivity contribution is 5.99. The van der Waals surface area contributed by atoms with E-state index in [1.807, 2.05) is 0 Å². The smallest absolute Gasteiger partial charge is 0.0540 e. The summed E-state index contributed by atoms with van der Waals surface area (Å²) in [5, 5.41) is 2.52. The summed E-state index contributed by atoms with van der Waals surface area (Å²) in [5.74, 6) is 0. The minimum absolute atomic E-state index is 0.185. The quantitative estimate of drug-likeness (QED) is 0.159. The first kappa shape index (κ1) is 33.6. The first-order valence-corrected chi connectivity index (χ1v) is 19.5. The molecule has 0 spiro atoms. The van der Waals surface area contributed by atoms with E-state index in [1.165, 1.54) is 77.5 Å². The van der Waals surface area contributed by atoms with Crippen LogP contribution >= 0.6 is 0 Å². The van der Waals surface area contributed by atoms with Gasteiger partial charge < -0.3 is 4.90 Å². The van der Waals surface area contributed by atoms with Crippen LogP contribution in [0.3, 0.4) is 0 Å². The van der Waals surface area contributed by atoms with Gasteiger partial charge in [-0.05, 0) is 121 Å². The van der Waals surface area contributed by atoms with Crippen LogP contribution in [0.4, 0.5) is 17.1 Å². The fraction of sp³-hybridized carbons (Fsp3) is 0.0545. The summed E-state index contributed by atoms with van der Waals surface area (Å²) in [7, 11) is 0. The Morgan fingerprint density at radius 3 is 1.48 bits per heavy atom. The van der Waals surface area contributed by atoms with Gasteiger partial charge in [0.2, 0.25) is 0 Å². The van der Waals surface area contributed by atoms with E-state index in [2.05, 4.69) is 231 Å². The maximum atomic E-state index is 2.44. The first-order valence-electron chi connectivity index (χ1n) is 19.5. The van der Waals surface area contributed by atoms with Crippen LogP contribution < -0.4 is 4.90 Å². The average molecular weight is 716 g/mol. The van der Waals surface area contributed by atoms with E-state index < -0.39 is 0 Å². The lowest BCUT2D eigenvalue weighted by molar-refractivity contribution is 0.661. The van der Waals surface area contributed by atoms with Crippen molar-refractivity contribution in [3.05, 3.63) is 223 Å². The summed E-state index contributed by atoms with van der Waals surface area (Å²) in [6, 6.07) is 77.5. The Hall–Kier alpha value is -6.96. The molecule has 10 rings (SSSR count). The molecule has 1 aliphatic carbocycles. The number of hydrogen-bond acceptors (Lipinski definition) is 1. The Morgan fingerprint density at radius 2 is 0.821 bits per heavy atom.